The number of hydrogen-bond donors (Lipinski definition) is 2. The zero-order valence-corrected chi connectivity index (χ0v) is 11.9. The number of nitrogens with zero attached hydrogens (tertiary/aromatic N) is 1. The van der Waals surface area contributed by atoms with Crippen molar-refractivity contribution >= 4 is 17.5 Å². The normalized spacial score (nSPS) is 26.3. The minimum Gasteiger partial charge on any atom is -0.372 e. The third kappa shape index (κ3) is 2.53. The molecule has 5 heteroatoms. The van der Waals surface area contributed by atoms with Crippen molar-refractivity contribution in [3.8, 4) is 0 Å². The summed E-state index contributed by atoms with van der Waals surface area (Å²) in [5.41, 5.74) is -1.20. The standard InChI is InChI=1S/C16H20N2O3/c19-14(17-12-6-4-5-7-12)16(21)10-11-18(15(16)20)13-8-2-1-3-9-13/h1-3,8-9,12,21H,4-7,10-11H2,(H,17,19)/t16-/m0/s1. The van der Waals surface area contributed by atoms with E-state index in [-0.39, 0.29) is 12.5 Å². The van der Waals surface area contributed by atoms with Gasteiger partial charge in [-0.15, -0.1) is 0 Å². The summed E-state index contributed by atoms with van der Waals surface area (Å²) in [5, 5.41) is 13.3. The number of benzene rings is 1. The molecule has 1 heterocycles. The lowest BCUT2D eigenvalue weighted by molar-refractivity contribution is -0.149. The highest BCUT2D eigenvalue weighted by Crippen LogP contribution is 2.29. The van der Waals surface area contributed by atoms with Crippen molar-refractivity contribution in [3.05, 3.63) is 30.3 Å². The molecule has 3 rings (SSSR count). The highest BCUT2D eigenvalue weighted by molar-refractivity contribution is 6.16. The van der Waals surface area contributed by atoms with Crippen LogP contribution in [0, 0.1) is 0 Å². The number of hydrogen-bond acceptors (Lipinski definition) is 3. The van der Waals surface area contributed by atoms with E-state index in [1.54, 1.807) is 12.1 Å². The number of nitrogens with one attached hydrogen (secondary N) is 1. The van der Waals surface area contributed by atoms with Crippen molar-refractivity contribution in [2.24, 2.45) is 0 Å². The zero-order valence-electron chi connectivity index (χ0n) is 11.9. The van der Waals surface area contributed by atoms with Crippen molar-refractivity contribution in [1.82, 2.24) is 5.32 Å². The second-order valence-electron chi connectivity index (χ2n) is 5.86. The fraction of sp³-hybridized carbons (Fsp3) is 0.500. The zero-order chi connectivity index (χ0) is 14.9. The molecule has 1 aliphatic heterocycles. The predicted octanol–water partition coefficient (Wildman–Crippen LogP) is 1.21. The van der Waals surface area contributed by atoms with E-state index in [0.29, 0.717) is 12.2 Å². The Morgan fingerprint density at radius 1 is 1.24 bits per heavy atom. The van der Waals surface area contributed by atoms with Crippen LogP contribution in [0.2, 0.25) is 0 Å². The molecule has 2 N–H and O–H groups in total. The molecule has 1 saturated carbocycles. The van der Waals surface area contributed by atoms with Gasteiger partial charge >= 0.3 is 0 Å². The molecule has 112 valence electrons. The van der Waals surface area contributed by atoms with Crippen molar-refractivity contribution in [1.29, 1.82) is 0 Å². The van der Waals surface area contributed by atoms with E-state index in [9.17, 15) is 14.7 Å². The Labute approximate surface area is 123 Å². The molecule has 1 aliphatic carbocycles. The van der Waals surface area contributed by atoms with Crippen LogP contribution < -0.4 is 10.2 Å². The van der Waals surface area contributed by atoms with Crippen LogP contribution in [0.4, 0.5) is 5.69 Å². The first-order chi connectivity index (χ1) is 10.1. The van der Waals surface area contributed by atoms with Gasteiger partial charge in [0, 0.05) is 24.7 Å². The third-order valence-electron chi connectivity index (χ3n) is 4.43. The van der Waals surface area contributed by atoms with Gasteiger partial charge in [0.25, 0.3) is 11.8 Å². The maximum Gasteiger partial charge on any atom is 0.268 e. The molecule has 1 saturated heterocycles. The SMILES string of the molecule is O=C(NC1CCCC1)[C@@]1(O)CCN(c2ccccc2)C1=O. The summed E-state index contributed by atoms with van der Waals surface area (Å²) in [6, 6.07) is 9.23. The molecule has 1 aromatic carbocycles. The minimum atomic E-state index is -1.92. The molecule has 0 unspecified atom stereocenters. The van der Waals surface area contributed by atoms with E-state index >= 15 is 0 Å². The van der Waals surface area contributed by atoms with Crippen molar-refractivity contribution in [2.45, 2.75) is 43.7 Å². The van der Waals surface area contributed by atoms with Gasteiger partial charge in [-0.2, -0.15) is 0 Å². The molecule has 0 radical (unpaired) electrons. The molecular weight excluding hydrogens is 268 g/mol. The lowest BCUT2D eigenvalue weighted by Gasteiger charge is -2.23. The van der Waals surface area contributed by atoms with E-state index in [0.717, 1.165) is 25.7 Å². The number of rotatable bonds is 3. The van der Waals surface area contributed by atoms with Gasteiger partial charge in [-0.25, -0.2) is 0 Å². The largest absolute Gasteiger partial charge is 0.372 e. The molecule has 2 fully saturated rings. The van der Waals surface area contributed by atoms with Crippen LogP contribution in [0.5, 0.6) is 0 Å². The first kappa shape index (κ1) is 14.1. The van der Waals surface area contributed by atoms with E-state index in [1.165, 1.54) is 4.90 Å². The number of carbonyl (C=O) groups is 2. The van der Waals surface area contributed by atoms with Crippen LogP contribution >= 0.6 is 0 Å². The smallest absolute Gasteiger partial charge is 0.268 e. The Balaban J connectivity index is 1.73. The molecule has 0 aromatic heterocycles. The number of para-hydroxylation sites is 1. The lowest BCUT2D eigenvalue weighted by atomic mass is 10.0. The number of carbonyl (C=O) groups excluding carboxylic acids is 2. The number of anilines is 1. The van der Waals surface area contributed by atoms with Crippen LogP contribution in [0.1, 0.15) is 32.1 Å². The molecule has 0 spiro atoms. The van der Waals surface area contributed by atoms with Crippen LogP contribution in [0.25, 0.3) is 0 Å². The van der Waals surface area contributed by atoms with Gasteiger partial charge in [0.1, 0.15) is 0 Å². The summed E-state index contributed by atoms with van der Waals surface area (Å²) in [7, 11) is 0. The van der Waals surface area contributed by atoms with Gasteiger partial charge in [-0.3, -0.25) is 9.59 Å². The highest BCUT2D eigenvalue weighted by Gasteiger charge is 2.52. The summed E-state index contributed by atoms with van der Waals surface area (Å²) in [6.45, 7) is 0.359. The Bertz CT molecular complexity index is 540. The average molecular weight is 288 g/mol. The van der Waals surface area contributed by atoms with Crippen LogP contribution in [0.3, 0.4) is 0 Å². The molecular formula is C16H20N2O3. The highest BCUT2D eigenvalue weighted by atomic mass is 16.3. The molecule has 21 heavy (non-hydrogen) atoms. The second-order valence-corrected chi connectivity index (χ2v) is 5.86. The second kappa shape index (κ2) is 5.48. The average Bonchev–Trinajstić information content (AvgIpc) is 3.10. The first-order valence-corrected chi connectivity index (χ1v) is 7.51. The molecule has 2 amide bonds. The molecule has 5 nitrogen and oxygen atoms in total. The van der Waals surface area contributed by atoms with E-state index in [1.807, 2.05) is 18.2 Å². The van der Waals surface area contributed by atoms with Crippen LogP contribution in [0.15, 0.2) is 30.3 Å². The maximum atomic E-state index is 12.5. The molecule has 0 bridgehead atoms. The Morgan fingerprint density at radius 3 is 2.57 bits per heavy atom. The Kier molecular flexibility index (Phi) is 3.68. The van der Waals surface area contributed by atoms with E-state index in [4.69, 9.17) is 0 Å². The Hall–Kier alpha value is -1.88. The first-order valence-electron chi connectivity index (χ1n) is 7.51. The van der Waals surface area contributed by atoms with Gasteiger partial charge in [0.05, 0.1) is 0 Å². The Morgan fingerprint density at radius 2 is 1.90 bits per heavy atom. The molecule has 2 aliphatic rings. The summed E-state index contributed by atoms with van der Waals surface area (Å²) < 4.78 is 0. The third-order valence-corrected chi connectivity index (χ3v) is 4.43. The molecule has 1 aromatic rings. The van der Waals surface area contributed by atoms with Crippen LogP contribution in [-0.2, 0) is 9.59 Å². The fourth-order valence-corrected chi connectivity index (χ4v) is 3.15. The van der Waals surface area contributed by atoms with E-state index < -0.39 is 17.4 Å². The maximum absolute atomic E-state index is 12.5. The summed E-state index contributed by atoms with van der Waals surface area (Å²) in [6.07, 6.45) is 4.18. The van der Waals surface area contributed by atoms with E-state index in [2.05, 4.69) is 5.32 Å². The van der Waals surface area contributed by atoms with Gasteiger partial charge < -0.3 is 15.3 Å². The summed E-state index contributed by atoms with van der Waals surface area (Å²) in [4.78, 5) is 26.2. The van der Waals surface area contributed by atoms with Gasteiger partial charge in [0.15, 0.2) is 0 Å². The van der Waals surface area contributed by atoms with Crippen molar-refractivity contribution in [2.75, 3.05) is 11.4 Å². The number of amides is 2. The number of aliphatic hydroxyl groups is 1. The predicted molar refractivity (Wildman–Crippen MR) is 78.8 cm³/mol. The van der Waals surface area contributed by atoms with Gasteiger partial charge in [0.2, 0.25) is 5.60 Å². The monoisotopic (exact) mass is 288 g/mol. The van der Waals surface area contributed by atoms with Crippen molar-refractivity contribution < 1.29 is 14.7 Å². The summed E-state index contributed by atoms with van der Waals surface area (Å²) in [5.74, 6) is -1.07. The van der Waals surface area contributed by atoms with Crippen LogP contribution in [-0.4, -0.2) is 35.1 Å². The van der Waals surface area contributed by atoms with Gasteiger partial charge in [-0.1, -0.05) is 31.0 Å². The van der Waals surface area contributed by atoms with Crippen molar-refractivity contribution in [3.63, 3.8) is 0 Å². The topological polar surface area (TPSA) is 69.6 Å². The fourth-order valence-electron chi connectivity index (χ4n) is 3.15. The molecule has 1 atom stereocenters. The minimum absolute atomic E-state index is 0.0973. The van der Waals surface area contributed by atoms with Gasteiger partial charge in [-0.05, 0) is 25.0 Å². The lowest BCUT2D eigenvalue weighted by Crippen LogP contribution is -2.54. The quantitative estimate of drug-likeness (QED) is 0.822. The summed E-state index contributed by atoms with van der Waals surface area (Å²) >= 11 is 0.